The van der Waals surface area contributed by atoms with Gasteiger partial charge < -0.3 is 10.1 Å². The van der Waals surface area contributed by atoms with Crippen LogP contribution in [0.2, 0.25) is 0 Å². The highest BCUT2D eigenvalue weighted by molar-refractivity contribution is 6.01. The number of hydrogen-bond donors (Lipinski definition) is 1. The van der Waals surface area contributed by atoms with E-state index in [0.29, 0.717) is 0 Å². The lowest BCUT2D eigenvalue weighted by atomic mass is 9.69. The van der Waals surface area contributed by atoms with Crippen molar-refractivity contribution in [1.82, 2.24) is 5.32 Å². The highest BCUT2D eigenvalue weighted by Gasteiger charge is 2.33. The van der Waals surface area contributed by atoms with Crippen LogP contribution in [0.5, 0.6) is 5.75 Å². The molecule has 3 aliphatic rings. The minimum atomic E-state index is -0.127. The molecule has 1 unspecified atom stereocenters. The molecule has 0 saturated carbocycles. The quantitative estimate of drug-likeness (QED) is 0.472. The lowest BCUT2D eigenvalue weighted by molar-refractivity contribution is 0.0933. The Bertz CT molecular complexity index is 1510. The summed E-state index contributed by atoms with van der Waals surface area (Å²) in [5.41, 5.74) is 5.99. The van der Waals surface area contributed by atoms with E-state index >= 15 is 0 Å². The first-order valence-electron chi connectivity index (χ1n) is 12.8. The van der Waals surface area contributed by atoms with Crippen LogP contribution in [0.3, 0.4) is 0 Å². The summed E-state index contributed by atoms with van der Waals surface area (Å²) in [4.78, 5) is 13.4. The number of benzene rings is 3. The molecule has 3 heteroatoms. The van der Waals surface area contributed by atoms with E-state index in [-0.39, 0.29) is 17.1 Å². The Balaban J connectivity index is 0.000000348. The van der Waals surface area contributed by atoms with Crippen molar-refractivity contribution in [2.45, 2.75) is 32.1 Å². The van der Waals surface area contributed by atoms with E-state index in [1.54, 1.807) is 7.11 Å². The van der Waals surface area contributed by atoms with Crippen LogP contribution in [-0.4, -0.2) is 12.9 Å². The molecule has 0 aromatic heterocycles. The van der Waals surface area contributed by atoms with E-state index in [2.05, 4.69) is 67.7 Å². The first-order chi connectivity index (χ1) is 18.0. The van der Waals surface area contributed by atoms with Crippen LogP contribution in [0.25, 0.3) is 23.3 Å². The number of carbonyl (C=O) groups is 1. The maximum absolute atomic E-state index is 13.4. The van der Waals surface area contributed by atoms with Gasteiger partial charge in [0.2, 0.25) is 0 Å². The molecule has 2 aliphatic carbocycles. The summed E-state index contributed by atoms with van der Waals surface area (Å²) in [5.74, 6) is 0.829. The number of Topliss-reactive ketones (excluding diaryl/α,β-unsaturated/α-hetero) is 1. The summed E-state index contributed by atoms with van der Waals surface area (Å²) in [6, 6.07) is 20.6. The molecule has 6 rings (SSSR count). The molecule has 1 atom stereocenters. The zero-order valence-corrected chi connectivity index (χ0v) is 21.7. The number of hydrogen-bond acceptors (Lipinski definition) is 3. The third-order valence-electron chi connectivity index (χ3n) is 7.38. The van der Waals surface area contributed by atoms with Crippen LogP contribution in [0, 0.1) is 5.92 Å². The Labute approximate surface area is 219 Å². The number of methoxy groups -OCH3 is 1. The second-order valence-corrected chi connectivity index (χ2v) is 10.3. The SMILES string of the molecule is C1=CC=CNC=C1.COc1ccc(C(=O)C2C=c3c(ccc4c3=CCc3ccccc3-4)C(C)(C)C2)cc1. The average molecular weight is 488 g/mol. The molecular formula is C34H33NO2. The van der Waals surface area contributed by atoms with Crippen LogP contribution in [-0.2, 0) is 11.8 Å². The van der Waals surface area contributed by atoms with Crippen LogP contribution in [0.1, 0.15) is 41.8 Å². The molecule has 3 nitrogen and oxygen atoms in total. The largest absolute Gasteiger partial charge is 0.497 e. The third-order valence-corrected chi connectivity index (χ3v) is 7.38. The summed E-state index contributed by atoms with van der Waals surface area (Å²) in [5, 5.41) is 5.45. The summed E-state index contributed by atoms with van der Waals surface area (Å²) in [6.45, 7) is 4.52. The van der Waals surface area contributed by atoms with Gasteiger partial charge in [-0.25, -0.2) is 0 Å². The van der Waals surface area contributed by atoms with Crippen molar-refractivity contribution < 1.29 is 9.53 Å². The van der Waals surface area contributed by atoms with E-state index in [4.69, 9.17) is 4.74 Å². The maximum Gasteiger partial charge on any atom is 0.169 e. The minimum Gasteiger partial charge on any atom is -0.497 e. The van der Waals surface area contributed by atoms with Gasteiger partial charge in [0.15, 0.2) is 5.78 Å². The molecule has 1 aliphatic heterocycles. The molecule has 0 bridgehead atoms. The van der Waals surface area contributed by atoms with Crippen molar-refractivity contribution in [3.8, 4) is 16.9 Å². The predicted octanol–water partition coefficient (Wildman–Crippen LogP) is 5.83. The fourth-order valence-corrected chi connectivity index (χ4v) is 5.50. The Hall–Kier alpha value is -4.11. The van der Waals surface area contributed by atoms with Gasteiger partial charge in [-0.2, -0.15) is 0 Å². The van der Waals surface area contributed by atoms with Crippen molar-refractivity contribution in [1.29, 1.82) is 0 Å². The second kappa shape index (κ2) is 10.5. The number of carbonyl (C=O) groups excluding carboxylic acids is 1. The van der Waals surface area contributed by atoms with Gasteiger partial charge in [0.1, 0.15) is 5.75 Å². The topological polar surface area (TPSA) is 38.3 Å². The standard InChI is InChI=1S/C28H26O2.C6H7N/c1-28(2)17-20(27(29)19-8-11-21(30-3)12-9-19)16-25-24-13-10-18-6-4-5-7-22(18)23(24)14-15-26(25)28;1-2-4-6-7-5-3-1/h4-9,11-16,20H,10,17H2,1-3H3;1-7H. The van der Waals surface area contributed by atoms with E-state index < -0.39 is 0 Å². The molecule has 1 N–H and O–H groups in total. The van der Waals surface area contributed by atoms with Crippen molar-refractivity contribution in [2.75, 3.05) is 7.11 Å². The average Bonchev–Trinajstić information content (AvgIpc) is 3.26. The van der Waals surface area contributed by atoms with Gasteiger partial charge in [-0.3, -0.25) is 4.79 Å². The van der Waals surface area contributed by atoms with Crippen molar-refractivity contribution >= 4 is 17.9 Å². The number of ketones is 1. The lowest BCUT2D eigenvalue weighted by Gasteiger charge is -2.34. The Morgan fingerprint density at radius 2 is 1.59 bits per heavy atom. The van der Waals surface area contributed by atoms with Gasteiger partial charge in [-0.15, -0.1) is 0 Å². The fourth-order valence-electron chi connectivity index (χ4n) is 5.50. The maximum atomic E-state index is 13.4. The van der Waals surface area contributed by atoms with E-state index in [1.807, 2.05) is 61.0 Å². The second-order valence-electron chi connectivity index (χ2n) is 10.3. The normalized spacial score (nSPS) is 17.8. The van der Waals surface area contributed by atoms with Crippen LogP contribution < -0.4 is 20.5 Å². The zero-order valence-electron chi connectivity index (χ0n) is 21.7. The Kier molecular flexibility index (Phi) is 6.96. The molecule has 0 saturated heterocycles. The van der Waals surface area contributed by atoms with Crippen LogP contribution in [0.15, 0.2) is 97.4 Å². The van der Waals surface area contributed by atoms with Crippen LogP contribution in [0.4, 0.5) is 0 Å². The first-order valence-corrected chi connectivity index (χ1v) is 12.8. The fraction of sp³-hybridized carbons (Fsp3) is 0.206. The Morgan fingerprint density at radius 3 is 2.32 bits per heavy atom. The van der Waals surface area contributed by atoms with Crippen molar-refractivity contribution in [3.63, 3.8) is 0 Å². The predicted molar refractivity (Wildman–Crippen MR) is 153 cm³/mol. The third kappa shape index (κ3) is 5.08. The molecule has 3 aromatic carbocycles. The molecular weight excluding hydrogens is 454 g/mol. The van der Waals surface area contributed by atoms with E-state index in [0.717, 1.165) is 24.2 Å². The summed E-state index contributed by atoms with van der Waals surface area (Å²) in [6.07, 6.45) is 17.9. The molecule has 1 heterocycles. The van der Waals surface area contributed by atoms with E-state index in [1.165, 1.54) is 32.7 Å². The summed E-state index contributed by atoms with van der Waals surface area (Å²) in [7, 11) is 1.64. The highest BCUT2D eigenvalue weighted by Crippen LogP contribution is 2.35. The van der Waals surface area contributed by atoms with Gasteiger partial charge >= 0.3 is 0 Å². The summed E-state index contributed by atoms with van der Waals surface area (Å²) >= 11 is 0. The smallest absolute Gasteiger partial charge is 0.169 e. The molecule has 3 aromatic rings. The van der Waals surface area contributed by atoms with Gasteiger partial charge in [-0.1, -0.05) is 74.5 Å². The monoisotopic (exact) mass is 487 g/mol. The molecule has 0 fully saturated rings. The van der Waals surface area contributed by atoms with Crippen LogP contribution >= 0.6 is 0 Å². The summed E-state index contributed by atoms with van der Waals surface area (Å²) < 4.78 is 5.24. The van der Waals surface area contributed by atoms with Crippen molar-refractivity contribution in [3.05, 3.63) is 124 Å². The van der Waals surface area contributed by atoms with Crippen molar-refractivity contribution in [2.24, 2.45) is 5.92 Å². The number of ether oxygens (including phenoxy) is 1. The molecule has 0 amide bonds. The molecule has 0 radical (unpaired) electrons. The zero-order chi connectivity index (χ0) is 25.8. The van der Waals surface area contributed by atoms with Gasteiger partial charge in [0.25, 0.3) is 0 Å². The number of nitrogens with one attached hydrogen (secondary N) is 1. The van der Waals surface area contributed by atoms with E-state index in [9.17, 15) is 4.79 Å². The number of fused-ring (bicyclic) bond motifs is 5. The van der Waals surface area contributed by atoms with Gasteiger partial charge in [0.05, 0.1) is 7.11 Å². The molecule has 186 valence electrons. The first kappa shape index (κ1) is 24.6. The lowest BCUT2D eigenvalue weighted by Crippen LogP contribution is -2.43. The van der Waals surface area contributed by atoms with Gasteiger partial charge in [0, 0.05) is 23.9 Å². The number of allylic oxidation sites excluding steroid dienone is 4. The Morgan fingerprint density at radius 1 is 0.865 bits per heavy atom. The minimum absolute atomic E-state index is 0.0588. The number of rotatable bonds is 3. The molecule has 0 spiro atoms. The van der Waals surface area contributed by atoms with Gasteiger partial charge in [-0.05, 0) is 87.4 Å². The molecule has 37 heavy (non-hydrogen) atoms. The highest BCUT2D eigenvalue weighted by atomic mass is 16.5.